The molecule has 0 aliphatic heterocycles. The quantitative estimate of drug-likeness (QED) is 0.536. The molecule has 0 spiro atoms. The topological polar surface area (TPSA) is 88.3 Å². The van der Waals surface area contributed by atoms with Gasteiger partial charge in [-0.05, 0) is 26.0 Å². The summed E-state index contributed by atoms with van der Waals surface area (Å²) in [5, 5.41) is 10.5. The van der Waals surface area contributed by atoms with Crippen molar-refractivity contribution in [2.24, 2.45) is 0 Å². The van der Waals surface area contributed by atoms with E-state index in [-0.39, 0.29) is 5.75 Å². The number of aromatic amines is 1. The second-order valence-electron chi connectivity index (χ2n) is 5.68. The molecule has 0 aliphatic rings. The van der Waals surface area contributed by atoms with Crippen LogP contribution in [0.5, 0.6) is 11.5 Å². The van der Waals surface area contributed by atoms with Crippen molar-refractivity contribution in [2.75, 3.05) is 14.2 Å². The standard InChI is InChI=1S/C17H20N3O4S/c1-10-8-20(21)15(11(2)16(10)24-4)9-25(22)17-18-13-6-5-12(23-3)7-14(13)19-17/h5-8,21H,9H2,1-4H3,(H,18,19)/q+1. The number of benzene rings is 1. The molecule has 25 heavy (non-hydrogen) atoms. The van der Waals surface area contributed by atoms with E-state index in [9.17, 15) is 9.42 Å². The number of ether oxygens (including phenoxy) is 2. The van der Waals surface area contributed by atoms with Gasteiger partial charge in [-0.15, -0.1) is 0 Å². The number of fused-ring (bicyclic) bond motifs is 1. The fourth-order valence-corrected chi connectivity index (χ4v) is 3.96. The smallest absolute Gasteiger partial charge is 0.253 e. The van der Waals surface area contributed by atoms with Gasteiger partial charge in [0.15, 0.2) is 5.16 Å². The molecule has 1 aromatic carbocycles. The van der Waals surface area contributed by atoms with Crippen LogP contribution in [0.4, 0.5) is 0 Å². The molecule has 132 valence electrons. The minimum absolute atomic E-state index is 0.107. The van der Waals surface area contributed by atoms with Crippen molar-refractivity contribution in [2.45, 2.75) is 24.8 Å². The maximum Gasteiger partial charge on any atom is 0.253 e. The van der Waals surface area contributed by atoms with E-state index < -0.39 is 10.8 Å². The van der Waals surface area contributed by atoms with Crippen molar-refractivity contribution in [3.8, 4) is 11.5 Å². The highest BCUT2D eigenvalue weighted by Crippen LogP contribution is 2.25. The number of rotatable bonds is 5. The zero-order valence-corrected chi connectivity index (χ0v) is 15.3. The van der Waals surface area contributed by atoms with Crippen LogP contribution in [0, 0.1) is 13.8 Å². The molecule has 0 amide bonds. The lowest BCUT2D eigenvalue weighted by Gasteiger charge is -2.08. The van der Waals surface area contributed by atoms with Gasteiger partial charge in [0.05, 0.1) is 47.2 Å². The van der Waals surface area contributed by atoms with Gasteiger partial charge in [-0.3, -0.25) is 9.42 Å². The highest BCUT2D eigenvalue weighted by molar-refractivity contribution is 7.84. The number of aromatic nitrogens is 3. The van der Waals surface area contributed by atoms with Crippen molar-refractivity contribution in [1.29, 1.82) is 0 Å². The average molecular weight is 362 g/mol. The Bertz CT molecular complexity index is 968. The van der Waals surface area contributed by atoms with Crippen molar-refractivity contribution in [3.05, 3.63) is 41.2 Å². The van der Waals surface area contributed by atoms with Crippen LogP contribution in [0.1, 0.15) is 16.8 Å². The Morgan fingerprint density at radius 2 is 2.04 bits per heavy atom. The number of hydrogen-bond acceptors (Lipinski definition) is 5. The summed E-state index contributed by atoms with van der Waals surface area (Å²) in [7, 11) is 1.70. The van der Waals surface area contributed by atoms with Crippen LogP contribution in [-0.2, 0) is 16.6 Å². The molecular weight excluding hydrogens is 342 g/mol. The molecule has 8 heteroatoms. The van der Waals surface area contributed by atoms with Crippen LogP contribution in [0.2, 0.25) is 0 Å². The molecule has 1 unspecified atom stereocenters. The first-order valence-electron chi connectivity index (χ1n) is 7.64. The largest absolute Gasteiger partial charge is 0.497 e. The Balaban J connectivity index is 1.95. The minimum atomic E-state index is -1.46. The molecule has 3 aromatic rings. The lowest BCUT2D eigenvalue weighted by Crippen LogP contribution is -2.37. The Hall–Kier alpha value is -2.61. The van der Waals surface area contributed by atoms with E-state index in [1.165, 1.54) is 0 Å². The molecule has 0 saturated heterocycles. The summed E-state index contributed by atoms with van der Waals surface area (Å²) in [6, 6.07) is 5.40. The number of H-pyrrole nitrogens is 1. The normalized spacial score (nSPS) is 12.3. The minimum Gasteiger partial charge on any atom is -0.497 e. The second-order valence-corrected chi connectivity index (χ2v) is 7.04. The lowest BCUT2D eigenvalue weighted by atomic mass is 10.1. The first kappa shape index (κ1) is 17.2. The summed E-state index contributed by atoms with van der Waals surface area (Å²) in [6.45, 7) is 3.67. The number of nitrogens with one attached hydrogen (secondary N) is 1. The third-order valence-corrected chi connectivity index (χ3v) is 5.24. The van der Waals surface area contributed by atoms with Crippen LogP contribution < -0.4 is 14.2 Å². The number of imidazole rings is 1. The summed E-state index contributed by atoms with van der Waals surface area (Å²) in [5.41, 5.74) is 3.51. The van der Waals surface area contributed by atoms with Crippen LogP contribution in [0.3, 0.4) is 0 Å². The maximum atomic E-state index is 12.7. The van der Waals surface area contributed by atoms with Crippen LogP contribution in [0.25, 0.3) is 11.0 Å². The summed E-state index contributed by atoms with van der Waals surface area (Å²) < 4.78 is 24.3. The van der Waals surface area contributed by atoms with Crippen molar-refractivity contribution in [3.63, 3.8) is 0 Å². The van der Waals surface area contributed by atoms with Gasteiger partial charge in [0, 0.05) is 10.8 Å². The molecule has 3 rings (SSSR count). The number of methoxy groups -OCH3 is 2. The fraction of sp³-hybridized carbons (Fsp3) is 0.294. The number of nitrogens with zero attached hydrogens (tertiary/aromatic N) is 2. The van der Waals surface area contributed by atoms with E-state index in [0.717, 1.165) is 21.4 Å². The first-order chi connectivity index (χ1) is 11.9. The van der Waals surface area contributed by atoms with E-state index in [1.54, 1.807) is 38.6 Å². The van der Waals surface area contributed by atoms with Crippen molar-refractivity contribution >= 4 is 21.8 Å². The highest BCUT2D eigenvalue weighted by atomic mass is 32.2. The summed E-state index contributed by atoms with van der Waals surface area (Å²) in [6.07, 6.45) is 1.54. The maximum absolute atomic E-state index is 12.7. The summed E-state index contributed by atoms with van der Waals surface area (Å²) in [4.78, 5) is 7.43. The number of pyridine rings is 1. The predicted octanol–water partition coefficient (Wildman–Crippen LogP) is 2.03. The molecule has 2 heterocycles. The molecule has 1 atom stereocenters. The van der Waals surface area contributed by atoms with Gasteiger partial charge >= 0.3 is 0 Å². The van der Waals surface area contributed by atoms with Gasteiger partial charge in [0.1, 0.15) is 17.3 Å². The summed E-state index contributed by atoms with van der Waals surface area (Å²) in [5.74, 6) is 1.48. The zero-order valence-electron chi connectivity index (χ0n) is 14.5. The fourth-order valence-electron chi connectivity index (χ4n) is 2.80. The van der Waals surface area contributed by atoms with Gasteiger partial charge in [-0.25, -0.2) is 4.98 Å². The van der Waals surface area contributed by atoms with Gasteiger partial charge in [-0.2, -0.15) is 0 Å². The van der Waals surface area contributed by atoms with Crippen molar-refractivity contribution in [1.82, 2.24) is 9.97 Å². The SMILES string of the molecule is COc1ccc2nc(S(=O)Cc3c(C)c(OC)c(C)c[n+]3O)[nH]c2c1. The van der Waals surface area contributed by atoms with E-state index in [0.29, 0.717) is 27.9 Å². The van der Waals surface area contributed by atoms with Crippen LogP contribution in [0.15, 0.2) is 29.6 Å². The van der Waals surface area contributed by atoms with Crippen LogP contribution >= 0.6 is 0 Å². The molecule has 0 saturated carbocycles. The number of aryl methyl sites for hydroxylation is 1. The highest BCUT2D eigenvalue weighted by Gasteiger charge is 2.25. The molecule has 0 radical (unpaired) electrons. The Morgan fingerprint density at radius 1 is 1.28 bits per heavy atom. The zero-order chi connectivity index (χ0) is 18.1. The monoisotopic (exact) mass is 362 g/mol. The van der Waals surface area contributed by atoms with E-state index in [4.69, 9.17) is 9.47 Å². The van der Waals surface area contributed by atoms with Gasteiger partial charge in [0.2, 0.25) is 6.20 Å². The molecule has 0 bridgehead atoms. The van der Waals surface area contributed by atoms with Crippen molar-refractivity contribution < 1.29 is 23.6 Å². The van der Waals surface area contributed by atoms with E-state index in [2.05, 4.69) is 9.97 Å². The molecule has 0 fully saturated rings. The van der Waals surface area contributed by atoms with Gasteiger partial charge < -0.3 is 14.5 Å². The molecule has 0 aliphatic carbocycles. The number of hydrogen-bond donors (Lipinski definition) is 2. The Labute approximate surface area is 147 Å². The molecule has 2 N–H and O–H groups in total. The third kappa shape index (κ3) is 3.17. The van der Waals surface area contributed by atoms with E-state index in [1.807, 2.05) is 13.8 Å². The third-order valence-electron chi connectivity index (χ3n) is 4.08. The molecule has 2 aromatic heterocycles. The average Bonchev–Trinajstić information content (AvgIpc) is 3.01. The molecular formula is C17H20N3O4S+. The van der Waals surface area contributed by atoms with Gasteiger partial charge in [0.25, 0.3) is 5.69 Å². The van der Waals surface area contributed by atoms with Crippen LogP contribution in [-0.4, -0.2) is 33.6 Å². The Morgan fingerprint density at radius 3 is 2.72 bits per heavy atom. The lowest BCUT2D eigenvalue weighted by molar-refractivity contribution is -0.909. The first-order valence-corrected chi connectivity index (χ1v) is 8.96. The molecule has 7 nitrogen and oxygen atoms in total. The van der Waals surface area contributed by atoms with E-state index >= 15 is 0 Å². The second kappa shape index (κ2) is 6.72. The Kier molecular flexibility index (Phi) is 4.63. The predicted molar refractivity (Wildman–Crippen MR) is 92.6 cm³/mol. The van der Waals surface area contributed by atoms with Gasteiger partial charge in [-0.1, -0.05) is 0 Å². The summed E-state index contributed by atoms with van der Waals surface area (Å²) >= 11 is 0.